The molecule has 1 saturated heterocycles. The van der Waals surface area contributed by atoms with Gasteiger partial charge < -0.3 is 19.1 Å². The molecule has 7 nitrogen and oxygen atoms in total. The Labute approximate surface area is 182 Å². The first-order chi connectivity index (χ1) is 13.9. The number of carbonyl (C=O) groups is 1. The summed E-state index contributed by atoms with van der Waals surface area (Å²) in [6, 6.07) is 5.40. The molecule has 0 bridgehead atoms. The first-order valence-corrected chi connectivity index (χ1v) is 10.5. The first kappa shape index (κ1) is 22.6. The number of fused-ring (bicyclic) bond motifs is 1. The van der Waals surface area contributed by atoms with E-state index in [1.54, 1.807) is 17.2 Å². The van der Waals surface area contributed by atoms with Crippen LogP contribution in [-0.2, 0) is 9.47 Å². The summed E-state index contributed by atoms with van der Waals surface area (Å²) in [4.78, 5) is 23.0. The van der Waals surface area contributed by atoms with Gasteiger partial charge in [0.25, 0.3) is 0 Å². The number of ether oxygens (including phenoxy) is 3. The average Bonchev–Trinajstić information content (AvgIpc) is 2.63. The molecule has 30 heavy (non-hydrogen) atoms. The van der Waals surface area contributed by atoms with Gasteiger partial charge in [-0.3, -0.25) is 4.98 Å². The molecule has 1 fully saturated rings. The van der Waals surface area contributed by atoms with Gasteiger partial charge in [0.15, 0.2) is 0 Å². The van der Waals surface area contributed by atoms with Crippen molar-refractivity contribution in [3.8, 4) is 5.88 Å². The zero-order chi connectivity index (χ0) is 22.1. The lowest BCUT2D eigenvalue weighted by atomic mass is 9.87. The minimum absolute atomic E-state index is 0.149. The van der Waals surface area contributed by atoms with Crippen molar-refractivity contribution < 1.29 is 19.0 Å². The third-order valence-electron chi connectivity index (χ3n) is 4.72. The fourth-order valence-corrected chi connectivity index (χ4v) is 3.36. The molecule has 0 N–H and O–H groups in total. The third-order valence-corrected chi connectivity index (χ3v) is 4.92. The number of amides is 1. The highest BCUT2D eigenvalue weighted by Crippen LogP contribution is 2.30. The molecule has 1 aliphatic rings. The zero-order valence-electron chi connectivity index (χ0n) is 18.4. The summed E-state index contributed by atoms with van der Waals surface area (Å²) in [5.41, 5.74) is -0.000890. The average molecular weight is 436 g/mol. The Morgan fingerprint density at radius 2 is 2.00 bits per heavy atom. The molecular formula is C22H30ClN3O4. The fraction of sp³-hybridized carbons (Fsp3) is 0.591. The second-order valence-electron chi connectivity index (χ2n) is 9.63. The molecule has 2 aromatic heterocycles. The maximum atomic E-state index is 12.7. The fourth-order valence-electron chi connectivity index (χ4n) is 3.18. The number of pyridine rings is 2. The predicted octanol–water partition coefficient (Wildman–Crippen LogP) is 4.71. The predicted molar refractivity (Wildman–Crippen MR) is 116 cm³/mol. The minimum Gasteiger partial charge on any atom is -0.474 e. The molecule has 0 spiro atoms. The summed E-state index contributed by atoms with van der Waals surface area (Å²) >= 11 is 6.12. The van der Waals surface area contributed by atoms with Crippen LogP contribution in [0.3, 0.4) is 0 Å². The number of carbonyl (C=O) groups excluding carboxylic acids is 1. The van der Waals surface area contributed by atoms with E-state index in [1.165, 1.54) is 0 Å². The van der Waals surface area contributed by atoms with Gasteiger partial charge in [-0.1, -0.05) is 32.4 Å². The van der Waals surface area contributed by atoms with Gasteiger partial charge in [0.05, 0.1) is 30.1 Å². The molecule has 2 aromatic rings. The van der Waals surface area contributed by atoms with Crippen LogP contribution in [0, 0.1) is 5.41 Å². The second-order valence-corrected chi connectivity index (χ2v) is 10.0. The summed E-state index contributed by atoms with van der Waals surface area (Å²) in [6.07, 6.45) is 0.862. The van der Waals surface area contributed by atoms with Crippen LogP contribution in [0.4, 0.5) is 4.79 Å². The van der Waals surface area contributed by atoms with Crippen LogP contribution >= 0.6 is 11.6 Å². The Morgan fingerprint density at radius 3 is 2.67 bits per heavy atom. The van der Waals surface area contributed by atoms with Crippen molar-refractivity contribution in [3.05, 3.63) is 29.5 Å². The van der Waals surface area contributed by atoms with E-state index < -0.39 is 5.60 Å². The molecule has 0 saturated carbocycles. The number of morpholine rings is 1. The summed E-state index contributed by atoms with van der Waals surface area (Å²) < 4.78 is 17.8. The van der Waals surface area contributed by atoms with Gasteiger partial charge in [0.2, 0.25) is 5.88 Å². The number of hydrogen-bond donors (Lipinski definition) is 0. The van der Waals surface area contributed by atoms with Crippen LogP contribution in [0.2, 0.25) is 5.15 Å². The highest BCUT2D eigenvalue weighted by molar-refractivity contribution is 6.30. The largest absolute Gasteiger partial charge is 0.474 e. The van der Waals surface area contributed by atoms with Gasteiger partial charge in [-0.2, -0.15) is 0 Å². The summed E-state index contributed by atoms with van der Waals surface area (Å²) in [5, 5.41) is 1.08. The summed E-state index contributed by atoms with van der Waals surface area (Å²) in [5.74, 6) is 0.399. The Morgan fingerprint density at radius 1 is 1.27 bits per heavy atom. The molecule has 1 aliphatic heterocycles. The zero-order valence-corrected chi connectivity index (χ0v) is 19.2. The number of halogens is 1. The van der Waals surface area contributed by atoms with E-state index in [1.807, 2.05) is 32.9 Å². The van der Waals surface area contributed by atoms with Crippen LogP contribution in [-0.4, -0.2) is 58.5 Å². The Balaban J connectivity index is 1.76. The lowest BCUT2D eigenvalue weighted by Gasteiger charge is -2.43. The van der Waals surface area contributed by atoms with Gasteiger partial charge in [-0.15, -0.1) is 0 Å². The van der Waals surface area contributed by atoms with Crippen LogP contribution in [0.15, 0.2) is 24.4 Å². The summed E-state index contributed by atoms with van der Waals surface area (Å²) in [7, 11) is 0. The first-order valence-electron chi connectivity index (χ1n) is 10.1. The van der Waals surface area contributed by atoms with E-state index in [2.05, 4.69) is 30.7 Å². The summed E-state index contributed by atoms with van der Waals surface area (Å²) in [6.45, 7) is 12.9. The van der Waals surface area contributed by atoms with E-state index in [0.717, 1.165) is 5.39 Å². The molecule has 2 atom stereocenters. The van der Waals surface area contributed by atoms with Crippen LogP contribution in [0.25, 0.3) is 10.9 Å². The number of nitrogens with zero attached hydrogens (tertiary/aromatic N) is 3. The van der Waals surface area contributed by atoms with Crippen molar-refractivity contribution in [2.75, 3.05) is 19.7 Å². The van der Waals surface area contributed by atoms with E-state index in [9.17, 15) is 4.79 Å². The van der Waals surface area contributed by atoms with Crippen LogP contribution in [0.1, 0.15) is 41.5 Å². The van der Waals surface area contributed by atoms with Crippen molar-refractivity contribution in [2.24, 2.45) is 5.41 Å². The maximum absolute atomic E-state index is 12.7. The van der Waals surface area contributed by atoms with Gasteiger partial charge in [-0.05, 0) is 38.3 Å². The molecule has 0 aromatic carbocycles. The van der Waals surface area contributed by atoms with E-state index in [-0.39, 0.29) is 30.3 Å². The Kier molecular flexibility index (Phi) is 6.43. The lowest BCUT2D eigenvalue weighted by molar-refractivity contribution is -0.134. The monoisotopic (exact) mass is 435 g/mol. The van der Waals surface area contributed by atoms with Gasteiger partial charge in [0.1, 0.15) is 23.5 Å². The van der Waals surface area contributed by atoms with Crippen molar-refractivity contribution in [3.63, 3.8) is 0 Å². The molecule has 3 rings (SSSR count). The van der Waals surface area contributed by atoms with E-state index >= 15 is 0 Å². The van der Waals surface area contributed by atoms with Gasteiger partial charge in [0, 0.05) is 12.3 Å². The van der Waals surface area contributed by atoms with Gasteiger partial charge >= 0.3 is 6.09 Å². The number of aromatic nitrogens is 2. The smallest absolute Gasteiger partial charge is 0.410 e. The molecule has 3 heterocycles. The highest BCUT2D eigenvalue weighted by Gasteiger charge is 2.38. The van der Waals surface area contributed by atoms with Crippen molar-refractivity contribution in [1.29, 1.82) is 0 Å². The molecule has 0 aliphatic carbocycles. The standard InChI is InChI=1S/C22H30ClN3O4/c1-21(2,3)17-12-26(20(27)30-22(4,5)6)11-14(29-17)13-28-19-15-8-7-9-24-16(15)10-18(23)25-19/h7-10,14,17H,11-13H2,1-6H3/t14-,17-/m0/s1. The normalized spacial score (nSPS) is 20.3. The molecular weight excluding hydrogens is 406 g/mol. The molecule has 164 valence electrons. The Hall–Kier alpha value is -2.12. The topological polar surface area (TPSA) is 73.8 Å². The van der Waals surface area contributed by atoms with Crippen LogP contribution < -0.4 is 4.74 Å². The second kappa shape index (κ2) is 8.55. The van der Waals surface area contributed by atoms with E-state index in [4.69, 9.17) is 25.8 Å². The molecule has 0 radical (unpaired) electrons. The molecule has 8 heteroatoms. The van der Waals surface area contributed by atoms with Gasteiger partial charge in [-0.25, -0.2) is 9.78 Å². The van der Waals surface area contributed by atoms with Crippen molar-refractivity contribution in [1.82, 2.24) is 14.9 Å². The highest BCUT2D eigenvalue weighted by atomic mass is 35.5. The lowest BCUT2D eigenvalue weighted by Crippen LogP contribution is -2.56. The van der Waals surface area contributed by atoms with Crippen molar-refractivity contribution >= 4 is 28.6 Å². The molecule has 1 amide bonds. The number of rotatable bonds is 3. The maximum Gasteiger partial charge on any atom is 0.410 e. The van der Waals surface area contributed by atoms with Crippen LogP contribution in [0.5, 0.6) is 5.88 Å². The molecule has 0 unspecified atom stereocenters. The third kappa shape index (κ3) is 5.73. The van der Waals surface area contributed by atoms with E-state index in [0.29, 0.717) is 29.6 Å². The number of hydrogen-bond acceptors (Lipinski definition) is 6. The minimum atomic E-state index is -0.560. The van der Waals surface area contributed by atoms with Crippen molar-refractivity contribution in [2.45, 2.75) is 59.4 Å². The SMILES string of the molecule is CC(C)(C)OC(=O)N1C[C@@H](COc2nc(Cl)cc3ncccc23)O[C@H](C(C)(C)C)C1. The Bertz CT molecular complexity index is 907. The quantitative estimate of drug-likeness (QED) is 0.650.